The van der Waals surface area contributed by atoms with Crippen LogP contribution in [0.15, 0.2) is 0 Å². The van der Waals surface area contributed by atoms with Crippen LogP contribution in [0.2, 0.25) is 0 Å². The second kappa shape index (κ2) is 7.24. The Morgan fingerprint density at radius 2 is 2.19 bits per heavy atom. The first-order valence-corrected chi connectivity index (χ1v) is 6.16. The predicted octanol–water partition coefficient (Wildman–Crippen LogP) is 1.28. The quantitative estimate of drug-likeness (QED) is 0.738. The van der Waals surface area contributed by atoms with Gasteiger partial charge in [0.15, 0.2) is 0 Å². The standard InChI is InChI=1S/C12H21N3O/c1-2-11(5-7-13)14-8-6-12(16)15-9-3-4-10-15/h11,14H,2-6,8-10H2,1H3. The summed E-state index contributed by atoms with van der Waals surface area (Å²) < 4.78 is 0. The number of carbonyl (C=O) groups excluding carboxylic acids is 1. The average Bonchev–Trinajstić information content (AvgIpc) is 2.81. The maximum Gasteiger partial charge on any atom is 0.223 e. The molecule has 1 unspecified atom stereocenters. The van der Waals surface area contributed by atoms with Gasteiger partial charge in [-0.15, -0.1) is 0 Å². The molecule has 0 spiro atoms. The number of nitriles is 1. The summed E-state index contributed by atoms with van der Waals surface area (Å²) in [6.07, 6.45) is 4.30. The van der Waals surface area contributed by atoms with Gasteiger partial charge in [0.2, 0.25) is 5.91 Å². The number of hydrogen-bond acceptors (Lipinski definition) is 3. The number of carbonyl (C=O) groups is 1. The summed E-state index contributed by atoms with van der Waals surface area (Å²) in [7, 11) is 0. The third-order valence-corrected chi connectivity index (χ3v) is 3.06. The molecule has 1 fully saturated rings. The lowest BCUT2D eigenvalue weighted by Gasteiger charge is -2.17. The molecule has 4 nitrogen and oxygen atoms in total. The molecule has 0 aromatic heterocycles. The van der Waals surface area contributed by atoms with E-state index in [9.17, 15) is 4.79 Å². The molecule has 0 radical (unpaired) electrons. The van der Waals surface area contributed by atoms with Crippen molar-refractivity contribution in [3.05, 3.63) is 0 Å². The zero-order valence-electron chi connectivity index (χ0n) is 10.0. The van der Waals surface area contributed by atoms with Crippen molar-refractivity contribution >= 4 is 5.91 Å². The molecule has 1 N–H and O–H groups in total. The second-order valence-electron chi connectivity index (χ2n) is 4.26. The van der Waals surface area contributed by atoms with Crippen molar-refractivity contribution in [2.75, 3.05) is 19.6 Å². The van der Waals surface area contributed by atoms with E-state index >= 15 is 0 Å². The van der Waals surface area contributed by atoms with Crippen molar-refractivity contribution in [2.45, 2.75) is 45.1 Å². The van der Waals surface area contributed by atoms with Gasteiger partial charge in [-0.25, -0.2) is 0 Å². The monoisotopic (exact) mass is 223 g/mol. The summed E-state index contributed by atoms with van der Waals surface area (Å²) in [6, 6.07) is 2.39. The molecule has 1 atom stereocenters. The van der Waals surface area contributed by atoms with Crippen LogP contribution in [0.5, 0.6) is 0 Å². The molecule has 1 rings (SSSR count). The van der Waals surface area contributed by atoms with Crippen molar-refractivity contribution in [1.82, 2.24) is 10.2 Å². The number of amides is 1. The summed E-state index contributed by atoms with van der Waals surface area (Å²) in [5.74, 6) is 0.247. The lowest BCUT2D eigenvalue weighted by atomic mass is 10.1. The smallest absolute Gasteiger partial charge is 0.223 e. The minimum absolute atomic E-state index is 0.233. The van der Waals surface area contributed by atoms with Gasteiger partial charge in [0.05, 0.1) is 12.5 Å². The molecule has 0 aromatic rings. The SMILES string of the molecule is CCC(CC#N)NCCC(=O)N1CCCC1. The van der Waals surface area contributed by atoms with Crippen LogP contribution < -0.4 is 5.32 Å². The van der Waals surface area contributed by atoms with Crippen LogP contribution in [0.3, 0.4) is 0 Å². The lowest BCUT2D eigenvalue weighted by Crippen LogP contribution is -2.34. The lowest BCUT2D eigenvalue weighted by molar-refractivity contribution is -0.130. The van der Waals surface area contributed by atoms with Crippen LogP contribution >= 0.6 is 0 Å². The minimum atomic E-state index is 0.233. The fourth-order valence-electron chi connectivity index (χ4n) is 1.98. The molecule has 1 heterocycles. The van der Waals surface area contributed by atoms with Crippen LogP contribution in [0.1, 0.15) is 39.0 Å². The van der Waals surface area contributed by atoms with Crippen molar-refractivity contribution in [3.63, 3.8) is 0 Å². The number of hydrogen-bond donors (Lipinski definition) is 1. The van der Waals surface area contributed by atoms with E-state index < -0.39 is 0 Å². The van der Waals surface area contributed by atoms with E-state index in [4.69, 9.17) is 5.26 Å². The summed E-state index contributed by atoms with van der Waals surface area (Å²) in [5.41, 5.74) is 0. The number of nitrogens with one attached hydrogen (secondary N) is 1. The third-order valence-electron chi connectivity index (χ3n) is 3.06. The Balaban J connectivity index is 2.14. The van der Waals surface area contributed by atoms with Crippen LogP contribution in [0.25, 0.3) is 0 Å². The van der Waals surface area contributed by atoms with Crippen LogP contribution in [-0.2, 0) is 4.79 Å². The molecule has 16 heavy (non-hydrogen) atoms. The fraction of sp³-hybridized carbons (Fsp3) is 0.833. The van der Waals surface area contributed by atoms with E-state index in [1.165, 1.54) is 0 Å². The highest BCUT2D eigenvalue weighted by molar-refractivity contribution is 5.76. The Morgan fingerprint density at radius 3 is 2.75 bits per heavy atom. The first-order valence-electron chi connectivity index (χ1n) is 6.16. The molecule has 0 bridgehead atoms. The number of nitrogens with zero attached hydrogens (tertiary/aromatic N) is 2. The Labute approximate surface area is 97.6 Å². The molecule has 90 valence electrons. The summed E-state index contributed by atoms with van der Waals surface area (Å²) >= 11 is 0. The van der Waals surface area contributed by atoms with Crippen LogP contribution in [0, 0.1) is 11.3 Å². The van der Waals surface area contributed by atoms with Gasteiger partial charge < -0.3 is 10.2 Å². The Bertz CT molecular complexity index is 253. The van der Waals surface area contributed by atoms with Gasteiger partial charge in [0, 0.05) is 32.1 Å². The highest BCUT2D eigenvalue weighted by atomic mass is 16.2. The van der Waals surface area contributed by atoms with Crippen molar-refractivity contribution in [2.24, 2.45) is 0 Å². The van der Waals surface area contributed by atoms with E-state index in [-0.39, 0.29) is 11.9 Å². The first-order chi connectivity index (χ1) is 7.77. The average molecular weight is 223 g/mol. The molecule has 0 aliphatic carbocycles. The Hall–Kier alpha value is -1.08. The maximum atomic E-state index is 11.7. The molecule has 0 saturated carbocycles. The number of likely N-dealkylation sites (tertiary alicyclic amines) is 1. The van der Waals surface area contributed by atoms with Gasteiger partial charge in [-0.3, -0.25) is 4.79 Å². The molecule has 1 aliphatic heterocycles. The molecule has 1 aliphatic rings. The van der Waals surface area contributed by atoms with E-state index in [2.05, 4.69) is 18.3 Å². The van der Waals surface area contributed by atoms with Gasteiger partial charge in [0.25, 0.3) is 0 Å². The molecule has 1 saturated heterocycles. The predicted molar refractivity (Wildman–Crippen MR) is 62.7 cm³/mol. The van der Waals surface area contributed by atoms with Gasteiger partial charge >= 0.3 is 0 Å². The first kappa shape index (κ1) is 13.0. The second-order valence-corrected chi connectivity index (χ2v) is 4.26. The fourth-order valence-corrected chi connectivity index (χ4v) is 1.98. The van der Waals surface area contributed by atoms with Gasteiger partial charge in [-0.1, -0.05) is 6.92 Å². The molecular formula is C12H21N3O. The highest BCUT2D eigenvalue weighted by Gasteiger charge is 2.17. The normalized spacial score (nSPS) is 17.1. The summed E-state index contributed by atoms with van der Waals surface area (Å²) in [4.78, 5) is 13.6. The van der Waals surface area contributed by atoms with E-state index in [0.29, 0.717) is 19.4 Å². The van der Waals surface area contributed by atoms with Crippen molar-refractivity contribution in [3.8, 4) is 6.07 Å². The van der Waals surface area contributed by atoms with E-state index in [1.807, 2.05) is 4.90 Å². The largest absolute Gasteiger partial charge is 0.343 e. The van der Waals surface area contributed by atoms with E-state index in [0.717, 1.165) is 32.4 Å². The van der Waals surface area contributed by atoms with Gasteiger partial charge in [0.1, 0.15) is 0 Å². The maximum absolute atomic E-state index is 11.7. The number of rotatable bonds is 6. The minimum Gasteiger partial charge on any atom is -0.343 e. The van der Waals surface area contributed by atoms with Crippen LogP contribution in [0.4, 0.5) is 0 Å². The molecule has 1 amide bonds. The zero-order chi connectivity index (χ0) is 11.8. The van der Waals surface area contributed by atoms with Crippen molar-refractivity contribution < 1.29 is 4.79 Å². The van der Waals surface area contributed by atoms with Crippen molar-refractivity contribution in [1.29, 1.82) is 5.26 Å². The molecule has 0 aromatic carbocycles. The molecular weight excluding hydrogens is 202 g/mol. The van der Waals surface area contributed by atoms with E-state index in [1.54, 1.807) is 0 Å². The van der Waals surface area contributed by atoms with Crippen LogP contribution in [-0.4, -0.2) is 36.5 Å². The summed E-state index contributed by atoms with van der Waals surface area (Å²) in [5, 5.41) is 11.8. The Morgan fingerprint density at radius 1 is 1.50 bits per heavy atom. The zero-order valence-corrected chi connectivity index (χ0v) is 10.0. The molecule has 4 heteroatoms. The highest BCUT2D eigenvalue weighted by Crippen LogP contribution is 2.08. The van der Waals surface area contributed by atoms with Gasteiger partial charge in [-0.05, 0) is 19.3 Å². The van der Waals surface area contributed by atoms with Gasteiger partial charge in [-0.2, -0.15) is 5.26 Å². The third kappa shape index (κ3) is 4.19. The topological polar surface area (TPSA) is 56.1 Å². The summed E-state index contributed by atoms with van der Waals surface area (Å²) in [6.45, 7) is 4.59. The Kier molecular flexibility index (Phi) is 5.87.